The van der Waals surface area contributed by atoms with Crippen molar-refractivity contribution in [3.8, 4) is 0 Å². The minimum Gasteiger partial charge on any atom is -0.369 e. The zero-order valence-corrected chi connectivity index (χ0v) is 12.7. The van der Waals surface area contributed by atoms with Crippen molar-refractivity contribution in [1.82, 2.24) is 4.90 Å². The SMILES string of the molecule is Cc1cc(Cl)c(N2CCC(N(C)C)CC2)c(Cl)c1. The highest BCUT2D eigenvalue weighted by Crippen LogP contribution is 2.36. The minimum absolute atomic E-state index is 0.671. The zero-order chi connectivity index (χ0) is 13.3. The molecule has 0 atom stereocenters. The van der Waals surface area contributed by atoms with Gasteiger partial charge in [-0.15, -0.1) is 0 Å². The number of rotatable bonds is 2. The van der Waals surface area contributed by atoms with Crippen molar-refractivity contribution in [3.63, 3.8) is 0 Å². The fourth-order valence-electron chi connectivity index (χ4n) is 2.60. The van der Waals surface area contributed by atoms with Crippen LogP contribution in [0.5, 0.6) is 0 Å². The van der Waals surface area contributed by atoms with E-state index in [1.165, 1.54) is 0 Å². The molecule has 1 aromatic rings. The van der Waals surface area contributed by atoms with Crippen LogP contribution < -0.4 is 4.90 Å². The van der Waals surface area contributed by atoms with E-state index in [2.05, 4.69) is 23.9 Å². The van der Waals surface area contributed by atoms with Crippen LogP contribution in [-0.4, -0.2) is 38.1 Å². The Balaban J connectivity index is 2.15. The van der Waals surface area contributed by atoms with E-state index in [1.54, 1.807) is 0 Å². The fraction of sp³-hybridized carbons (Fsp3) is 0.571. The van der Waals surface area contributed by atoms with Gasteiger partial charge in [0, 0.05) is 19.1 Å². The van der Waals surface area contributed by atoms with Gasteiger partial charge in [-0.3, -0.25) is 0 Å². The number of benzene rings is 1. The molecular formula is C14H20Cl2N2. The highest BCUT2D eigenvalue weighted by molar-refractivity contribution is 6.39. The van der Waals surface area contributed by atoms with E-state index in [-0.39, 0.29) is 0 Å². The second-order valence-electron chi connectivity index (χ2n) is 5.26. The largest absolute Gasteiger partial charge is 0.369 e. The first-order valence-corrected chi connectivity index (χ1v) is 7.11. The molecule has 0 aromatic heterocycles. The van der Waals surface area contributed by atoms with Crippen molar-refractivity contribution in [2.45, 2.75) is 25.8 Å². The van der Waals surface area contributed by atoms with Gasteiger partial charge in [0.2, 0.25) is 0 Å². The van der Waals surface area contributed by atoms with Gasteiger partial charge in [-0.25, -0.2) is 0 Å². The van der Waals surface area contributed by atoms with E-state index >= 15 is 0 Å². The Kier molecular flexibility index (Phi) is 4.41. The van der Waals surface area contributed by atoms with Crippen LogP contribution in [0.25, 0.3) is 0 Å². The number of halogens is 2. The average molecular weight is 287 g/mol. The molecule has 0 saturated carbocycles. The van der Waals surface area contributed by atoms with Crippen molar-refractivity contribution in [3.05, 3.63) is 27.7 Å². The van der Waals surface area contributed by atoms with Crippen molar-refractivity contribution in [2.24, 2.45) is 0 Å². The van der Waals surface area contributed by atoms with Gasteiger partial charge in [-0.1, -0.05) is 23.2 Å². The molecule has 1 fully saturated rings. The molecule has 18 heavy (non-hydrogen) atoms. The summed E-state index contributed by atoms with van der Waals surface area (Å²) in [5.74, 6) is 0. The van der Waals surface area contributed by atoms with Gasteiger partial charge in [-0.05, 0) is 51.6 Å². The third kappa shape index (κ3) is 2.93. The maximum Gasteiger partial charge on any atom is 0.0745 e. The van der Waals surface area contributed by atoms with Crippen LogP contribution in [0.15, 0.2) is 12.1 Å². The highest BCUT2D eigenvalue weighted by Gasteiger charge is 2.23. The monoisotopic (exact) mass is 286 g/mol. The first-order valence-electron chi connectivity index (χ1n) is 6.36. The molecule has 2 nitrogen and oxygen atoms in total. The van der Waals surface area contributed by atoms with Crippen LogP contribution >= 0.6 is 23.2 Å². The third-order valence-corrected chi connectivity index (χ3v) is 4.25. The molecule has 0 amide bonds. The van der Waals surface area contributed by atoms with E-state index < -0.39 is 0 Å². The lowest BCUT2D eigenvalue weighted by atomic mass is 10.0. The number of piperidine rings is 1. The van der Waals surface area contributed by atoms with Crippen molar-refractivity contribution < 1.29 is 0 Å². The number of anilines is 1. The van der Waals surface area contributed by atoms with E-state index in [9.17, 15) is 0 Å². The Hall–Kier alpha value is -0.440. The van der Waals surface area contributed by atoms with Gasteiger partial charge in [0.1, 0.15) is 0 Å². The van der Waals surface area contributed by atoms with Crippen molar-refractivity contribution in [2.75, 3.05) is 32.1 Å². The molecule has 2 rings (SSSR count). The number of hydrogen-bond donors (Lipinski definition) is 0. The van der Waals surface area contributed by atoms with Gasteiger partial charge in [0.05, 0.1) is 15.7 Å². The Labute approximate surface area is 119 Å². The number of aryl methyl sites for hydroxylation is 1. The topological polar surface area (TPSA) is 6.48 Å². The van der Waals surface area contributed by atoms with E-state index in [0.29, 0.717) is 6.04 Å². The lowest BCUT2D eigenvalue weighted by molar-refractivity contribution is 0.249. The first-order chi connectivity index (χ1) is 8.49. The predicted octanol–water partition coefficient (Wildman–Crippen LogP) is 3.83. The van der Waals surface area contributed by atoms with Crippen molar-refractivity contribution >= 4 is 28.9 Å². The molecular weight excluding hydrogens is 267 g/mol. The summed E-state index contributed by atoms with van der Waals surface area (Å²) in [5, 5.41) is 1.53. The van der Waals surface area contributed by atoms with Crippen LogP contribution in [0, 0.1) is 6.92 Å². The van der Waals surface area contributed by atoms with Gasteiger partial charge < -0.3 is 9.80 Å². The molecule has 0 N–H and O–H groups in total. The molecule has 1 aliphatic heterocycles. The lowest BCUT2D eigenvalue weighted by Gasteiger charge is -2.37. The molecule has 0 spiro atoms. The Morgan fingerprint density at radius 1 is 1.11 bits per heavy atom. The second kappa shape index (κ2) is 5.68. The molecule has 1 aliphatic rings. The minimum atomic E-state index is 0.671. The summed E-state index contributed by atoms with van der Waals surface area (Å²) in [6, 6.07) is 4.64. The quantitative estimate of drug-likeness (QED) is 0.815. The first kappa shape index (κ1) is 14.0. The Morgan fingerprint density at radius 2 is 1.61 bits per heavy atom. The van der Waals surface area contributed by atoms with Crippen LogP contribution in [0.1, 0.15) is 18.4 Å². The molecule has 0 unspecified atom stereocenters. The van der Waals surface area contributed by atoms with E-state index in [1.807, 2.05) is 19.1 Å². The summed E-state index contributed by atoms with van der Waals surface area (Å²) in [6.45, 7) is 4.05. The average Bonchev–Trinajstić information content (AvgIpc) is 2.28. The van der Waals surface area contributed by atoms with Crippen LogP contribution in [-0.2, 0) is 0 Å². The summed E-state index contributed by atoms with van der Waals surface area (Å²) in [4.78, 5) is 4.61. The van der Waals surface area contributed by atoms with Crippen LogP contribution in [0.3, 0.4) is 0 Å². The van der Waals surface area contributed by atoms with Gasteiger partial charge in [0.25, 0.3) is 0 Å². The molecule has 0 bridgehead atoms. The lowest BCUT2D eigenvalue weighted by Crippen LogP contribution is -2.42. The third-order valence-electron chi connectivity index (χ3n) is 3.67. The van der Waals surface area contributed by atoms with Crippen LogP contribution in [0.2, 0.25) is 10.0 Å². The normalized spacial score (nSPS) is 17.6. The summed E-state index contributed by atoms with van der Waals surface area (Å²) < 4.78 is 0. The molecule has 1 aromatic carbocycles. The Morgan fingerprint density at radius 3 is 2.06 bits per heavy atom. The predicted molar refractivity (Wildman–Crippen MR) is 80.1 cm³/mol. The van der Waals surface area contributed by atoms with Gasteiger partial charge in [-0.2, -0.15) is 0 Å². The highest BCUT2D eigenvalue weighted by atomic mass is 35.5. The van der Waals surface area contributed by atoms with Gasteiger partial charge in [0.15, 0.2) is 0 Å². The molecule has 1 heterocycles. The number of nitrogens with zero attached hydrogens (tertiary/aromatic N) is 2. The van der Waals surface area contributed by atoms with Gasteiger partial charge >= 0.3 is 0 Å². The smallest absolute Gasteiger partial charge is 0.0745 e. The summed E-state index contributed by atoms with van der Waals surface area (Å²) in [7, 11) is 4.29. The summed E-state index contributed by atoms with van der Waals surface area (Å²) >= 11 is 12.7. The standard InChI is InChI=1S/C14H20Cl2N2/c1-10-8-12(15)14(13(16)9-10)18-6-4-11(5-7-18)17(2)3/h8-9,11H,4-7H2,1-3H3. The van der Waals surface area contributed by atoms with E-state index in [4.69, 9.17) is 23.2 Å². The molecule has 100 valence electrons. The summed E-state index contributed by atoms with van der Waals surface area (Å²) in [6.07, 6.45) is 2.32. The van der Waals surface area contributed by atoms with Crippen molar-refractivity contribution in [1.29, 1.82) is 0 Å². The van der Waals surface area contributed by atoms with Crippen LogP contribution in [0.4, 0.5) is 5.69 Å². The zero-order valence-electron chi connectivity index (χ0n) is 11.2. The molecule has 4 heteroatoms. The Bertz CT molecular complexity index is 401. The maximum absolute atomic E-state index is 6.33. The second-order valence-corrected chi connectivity index (χ2v) is 6.07. The summed E-state index contributed by atoms with van der Waals surface area (Å²) in [5.41, 5.74) is 2.11. The molecule has 1 saturated heterocycles. The fourth-order valence-corrected chi connectivity index (χ4v) is 3.44. The molecule has 0 aliphatic carbocycles. The van der Waals surface area contributed by atoms with E-state index in [0.717, 1.165) is 47.2 Å². The number of hydrogen-bond acceptors (Lipinski definition) is 2. The maximum atomic E-state index is 6.33. The molecule has 0 radical (unpaired) electrons.